The monoisotopic (exact) mass is 446 g/mol. The first-order valence-corrected chi connectivity index (χ1v) is 11.1. The highest BCUT2D eigenvalue weighted by atomic mass is 79.9. The van der Waals surface area contributed by atoms with Crippen LogP contribution in [-0.2, 0) is 11.3 Å². The molecule has 0 bridgehead atoms. The van der Waals surface area contributed by atoms with E-state index in [1.54, 1.807) is 0 Å². The van der Waals surface area contributed by atoms with E-state index in [9.17, 15) is 4.79 Å². The van der Waals surface area contributed by atoms with Gasteiger partial charge in [0.25, 0.3) is 0 Å². The van der Waals surface area contributed by atoms with Gasteiger partial charge in [-0.05, 0) is 49.9 Å². The molecule has 2 fully saturated rings. The van der Waals surface area contributed by atoms with Gasteiger partial charge in [-0.25, -0.2) is 0 Å². The summed E-state index contributed by atoms with van der Waals surface area (Å²) < 4.78 is 6.86. The van der Waals surface area contributed by atoms with E-state index < -0.39 is 0 Å². The molecule has 1 aliphatic carbocycles. The van der Waals surface area contributed by atoms with Gasteiger partial charge in [0.2, 0.25) is 17.7 Å². The molecule has 1 amide bonds. The van der Waals surface area contributed by atoms with Crippen molar-refractivity contribution in [3.63, 3.8) is 0 Å². The zero-order valence-electron chi connectivity index (χ0n) is 16.1. The number of amides is 1. The average molecular weight is 447 g/mol. The molecule has 0 atom stereocenters. The lowest BCUT2D eigenvalue weighted by Crippen LogP contribution is -2.46. The van der Waals surface area contributed by atoms with Crippen LogP contribution in [0.4, 0.5) is 0 Å². The number of benzene rings is 1. The minimum Gasteiger partial charge on any atom is -0.419 e. The van der Waals surface area contributed by atoms with Gasteiger partial charge in [0, 0.05) is 35.1 Å². The molecule has 1 aliphatic heterocycles. The summed E-state index contributed by atoms with van der Waals surface area (Å²) in [4.78, 5) is 14.8. The van der Waals surface area contributed by atoms with Crippen molar-refractivity contribution >= 4 is 21.8 Å². The Labute approximate surface area is 174 Å². The molecule has 150 valence electrons. The van der Waals surface area contributed by atoms with Gasteiger partial charge in [0.05, 0.1) is 6.54 Å². The molecule has 7 heteroatoms. The first-order chi connectivity index (χ1) is 13.7. The number of carbonyl (C=O) groups is 1. The number of nitrogens with zero attached hydrogens (tertiary/aromatic N) is 3. The zero-order chi connectivity index (χ0) is 19.3. The lowest BCUT2D eigenvalue weighted by Gasteiger charge is -2.32. The Bertz CT molecular complexity index is 778. The van der Waals surface area contributed by atoms with Gasteiger partial charge in [0.15, 0.2) is 0 Å². The number of hydrogen-bond donors (Lipinski definition) is 1. The average Bonchev–Trinajstić information content (AvgIpc) is 3.19. The molecule has 2 aromatic rings. The van der Waals surface area contributed by atoms with Crippen molar-refractivity contribution in [2.75, 3.05) is 13.1 Å². The number of carbonyl (C=O) groups excluding carboxylic acids is 1. The van der Waals surface area contributed by atoms with E-state index in [1.807, 2.05) is 24.3 Å². The summed E-state index contributed by atoms with van der Waals surface area (Å²) >= 11 is 3.43. The van der Waals surface area contributed by atoms with Crippen molar-refractivity contribution in [3.05, 3.63) is 34.6 Å². The first kappa shape index (κ1) is 19.6. The summed E-state index contributed by atoms with van der Waals surface area (Å²) in [6.07, 6.45) is 7.75. The number of halogens is 1. The van der Waals surface area contributed by atoms with E-state index in [4.69, 9.17) is 4.42 Å². The second-order valence-corrected chi connectivity index (χ2v) is 8.82. The third-order valence-corrected chi connectivity index (χ3v) is 6.36. The van der Waals surface area contributed by atoms with Crippen molar-refractivity contribution in [2.24, 2.45) is 5.92 Å². The van der Waals surface area contributed by atoms with Gasteiger partial charge in [-0.1, -0.05) is 35.2 Å². The highest BCUT2D eigenvalue weighted by Gasteiger charge is 2.26. The summed E-state index contributed by atoms with van der Waals surface area (Å²) in [5.41, 5.74) is 0.922. The van der Waals surface area contributed by atoms with E-state index >= 15 is 0 Å². The highest BCUT2D eigenvalue weighted by Crippen LogP contribution is 2.25. The fourth-order valence-electron chi connectivity index (χ4n) is 4.14. The van der Waals surface area contributed by atoms with Crippen LogP contribution < -0.4 is 5.32 Å². The topological polar surface area (TPSA) is 71.3 Å². The Morgan fingerprint density at radius 1 is 1.07 bits per heavy atom. The highest BCUT2D eigenvalue weighted by molar-refractivity contribution is 9.10. The third kappa shape index (κ3) is 5.00. The van der Waals surface area contributed by atoms with E-state index in [1.165, 1.54) is 19.3 Å². The van der Waals surface area contributed by atoms with Crippen LogP contribution in [0.2, 0.25) is 0 Å². The van der Waals surface area contributed by atoms with Crippen molar-refractivity contribution in [3.8, 4) is 11.5 Å². The summed E-state index contributed by atoms with van der Waals surface area (Å²) in [5, 5.41) is 11.7. The van der Waals surface area contributed by atoms with Crippen LogP contribution in [0.5, 0.6) is 0 Å². The Morgan fingerprint density at radius 3 is 2.50 bits per heavy atom. The molecule has 0 radical (unpaired) electrons. The minimum atomic E-state index is 0.238. The maximum Gasteiger partial charge on any atom is 0.247 e. The Morgan fingerprint density at radius 2 is 1.79 bits per heavy atom. The molecule has 0 spiro atoms. The Hall–Kier alpha value is -1.73. The molecular formula is C21H27BrN4O2. The van der Waals surface area contributed by atoms with E-state index in [0.717, 1.165) is 48.8 Å². The fourth-order valence-corrected chi connectivity index (χ4v) is 4.40. The van der Waals surface area contributed by atoms with Crippen LogP contribution in [0.25, 0.3) is 11.5 Å². The van der Waals surface area contributed by atoms with E-state index in [0.29, 0.717) is 24.4 Å². The molecule has 28 heavy (non-hydrogen) atoms. The van der Waals surface area contributed by atoms with Crippen LogP contribution >= 0.6 is 15.9 Å². The van der Waals surface area contributed by atoms with Crippen LogP contribution in [0.3, 0.4) is 0 Å². The number of nitrogens with one attached hydrogen (secondary N) is 1. The number of piperidine rings is 1. The smallest absolute Gasteiger partial charge is 0.247 e. The summed E-state index contributed by atoms with van der Waals surface area (Å²) in [5.74, 6) is 1.70. The summed E-state index contributed by atoms with van der Waals surface area (Å²) in [7, 11) is 0. The van der Waals surface area contributed by atoms with Crippen LogP contribution in [0.1, 0.15) is 50.8 Å². The first-order valence-electron chi connectivity index (χ1n) is 10.3. The molecule has 4 rings (SSSR count). The molecule has 1 aromatic carbocycles. The van der Waals surface area contributed by atoms with Crippen molar-refractivity contribution in [1.82, 2.24) is 20.4 Å². The normalized spacial score (nSPS) is 19.6. The van der Waals surface area contributed by atoms with Crippen molar-refractivity contribution in [1.29, 1.82) is 0 Å². The number of hydrogen-bond acceptors (Lipinski definition) is 5. The lowest BCUT2D eigenvalue weighted by atomic mass is 9.88. The van der Waals surface area contributed by atoms with Gasteiger partial charge in [-0.15, -0.1) is 10.2 Å². The van der Waals surface area contributed by atoms with E-state index in [2.05, 4.69) is 36.3 Å². The van der Waals surface area contributed by atoms with Gasteiger partial charge in [0.1, 0.15) is 0 Å². The van der Waals surface area contributed by atoms with Crippen LogP contribution in [0.15, 0.2) is 33.2 Å². The van der Waals surface area contributed by atoms with Crippen LogP contribution in [-0.4, -0.2) is 40.1 Å². The maximum atomic E-state index is 12.4. The predicted molar refractivity (Wildman–Crippen MR) is 110 cm³/mol. The lowest BCUT2D eigenvalue weighted by molar-refractivity contribution is -0.127. The Kier molecular flexibility index (Phi) is 6.42. The fraction of sp³-hybridized carbons (Fsp3) is 0.571. The third-order valence-electron chi connectivity index (χ3n) is 5.83. The molecule has 1 aromatic heterocycles. The molecule has 1 N–H and O–H groups in total. The largest absolute Gasteiger partial charge is 0.419 e. The molecule has 1 saturated carbocycles. The van der Waals surface area contributed by atoms with Crippen molar-refractivity contribution in [2.45, 2.75) is 57.5 Å². The van der Waals surface area contributed by atoms with Crippen molar-refractivity contribution < 1.29 is 9.21 Å². The number of likely N-dealkylation sites (tertiary alicyclic amines) is 1. The molecule has 0 unspecified atom stereocenters. The molecule has 1 saturated heterocycles. The van der Waals surface area contributed by atoms with Gasteiger partial charge in [-0.2, -0.15) is 0 Å². The molecule has 2 aliphatic rings. The molecule has 2 heterocycles. The minimum absolute atomic E-state index is 0.238. The predicted octanol–water partition coefficient (Wildman–Crippen LogP) is 4.16. The molecule has 6 nitrogen and oxygen atoms in total. The summed E-state index contributed by atoms with van der Waals surface area (Å²) in [6, 6.07) is 8.15. The standard InChI is InChI=1S/C21H27BrN4O2/c22-17-8-6-16(7-9-17)21-25-24-19(28-21)14-26-12-10-18(11-13-26)23-20(27)15-4-2-1-3-5-15/h6-9,15,18H,1-5,10-14H2,(H,23,27). The van der Waals surface area contributed by atoms with Gasteiger partial charge in [-0.3, -0.25) is 9.69 Å². The molecular weight excluding hydrogens is 420 g/mol. The maximum absolute atomic E-state index is 12.4. The van der Waals surface area contributed by atoms with E-state index in [-0.39, 0.29) is 11.8 Å². The quantitative estimate of drug-likeness (QED) is 0.746. The summed E-state index contributed by atoms with van der Waals surface area (Å²) in [6.45, 7) is 2.53. The number of aromatic nitrogens is 2. The van der Waals surface area contributed by atoms with Crippen LogP contribution in [0, 0.1) is 5.92 Å². The Balaban J connectivity index is 1.24. The van der Waals surface area contributed by atoms with Gasteiger partial charge >= 0.3 is 0 Å². The second-order valence-electron chi connectivity index (χ2n) is 7.90. The zero-order valence-corrected chi connectivity index (χ0v) is 17.7. The SMILES string of the molecule is O=C(NC1CCN(Cc2nnc(-c3ccc(Br)cc3)o2)CC1)C1CCCCC1. The van der Waals surface area contributed by atoms with Gasteiger partial charge < -0.3 is 9.73 Å². The number of rotatable bonds is 5. The second kappa shape index (κ2) is 9.18.